The van der Waals surface area contributed by atoms with E-state index in [2.05, 4.69) is 44.2 Å². The van der Waals surface area contributed by atoms with Crippen LogP contribution in [0.25, 0.3) is 0 Å². The van der Waals surface area contributed by atoms with Crippen molar-refractivity contribution < 1.29 is 4.74 Å². The van der Waals surface area contributed by atoms with Gasteiger partial charge < -0.3 is 9.64 Å². The van der Waals surface area contributed by atoms with Gasteiger partial charge >= 0.3 is 0 Å². The highest BCUT2D eigenvalue weighted by atomic mass is 16.5. The Labute approximate surface area is 129 Å². The minimum atomic E-state index is 0.285. The van der Waals surface area contributed by atoms with Crippen molar-refractivity contribution in [2.45, 2.75) is 18.6 Å². The highest BCUT2D eigenvalue weighted by Crippen LogP contribution is 2.27. The molecule has 2 aromatic rings. The minimum absolute atomic E-state index is 0.285. The number of rotatable bonds is 5. The van der Waals surface area contributed by atoms with Crippen LogP contribution < -0.4 is 4.74 Å². The molecule has 2 aromatic heterocycles. The van der Waals surface area contributed by atoms with E-state index in [1.54, 1.807) is 13.3 Å². The lowest BCUT2D eigenvalue weighted by atomic mass is 10.1. The Hall–Kier alpha value is -2.06. The van der Waals surface area contributed by atoms with Crippen molar-refractivity contribution in [1.82, 2.24) is 34.8 Å². The molecule has 0 spiro atoms. The smallest absolute Gasteiger partial charge is 0.220 e. The molecule has 1 saturated heterocycles. The summed E-state index contributed by atoms with van der Waals surface area (Å²) in [6, 6.07) is 0.672. The lowest BCUT2D eigenvalue weighted by Crippen LogP contribution is -2.36. The summed E-state index contributed by atoms with van der Waals surface area (Å²) in [5.74, 6) is 0.639. The molecule has 22 heavy (non-hydrogen) atoms. The molecular weight excluding hydrogens is 282 g/mol. The van der Waals surface area contributed by atoms with E-state index in [1.807, 2.05) is 17.1 Å². The maximum absolute atomic E-state index is 5.31. The first-order chi connectivity index (χ1) is 10.7. The molecule has 3 heterocycles. The molecule has 8 heteroatoms. The summed E-state index contributed by atoms with van der Waals surface area (Å²) >= 11 is 0. The Balaban J connectivity index is 1.76. The first kappa shape index (κ1) is 14.9. The van der Waals surface area contributed by atoms with Gasteiger partial charge in [-0.3, -0.25) is 4.90 Å². The van der Waals surface area contributed by atoms with Gasteiger partial charge in [-0.15, -0.1) is 5.10 Å². The fourth-order valence-electron chi connectivity index (χ4n) is 3.02. The average molecular weight is 303 g/mol. The number of methoxy groups -OCH3 is 1. The molecule has 1 fully saturated rings. The quantitative estimate of drug-likeness (QED) is 0.773. The zero-order chi connectivity index (χ0) is 15.5. The van der Waals surface area contributed by atoms with Crippen molar-refractivity contribution in [3.8, 4) is 5.88 Å². The van der Waals surface area contributed by atoms with Gasteiger partial charge in [0.05, 0.1) is 19.3 Å². The number of likely N-dealkylation sites (tertiary alicyclic amines) is 1. The van der Waals surface area contributed by atoms with E-state index in [0.29, 0.717) is 11.9 Å². The molecule has 0 aliphatic carbocycles. The summed E-state index contributed by atoms with van der Waals surface area (Å²) in [6.45, 7) is 2.62. The number of aromatic nitrogens is 5. The van der Waals surface area contributed by atoms with Crippen molar-refractivity contribution in [2.24, 2.45) is 0 Å². The highest BCUT2D eigenvalue weighted by Gasteiger charge is 2.36. The Morgan fingerprint density at radius 2 is 2.23 bits per heavy atom. The molecule has 0 amide bonds. The third-order valence-electron chi connectivity index (χ3n) is 4.11. The van der Waals surface area contributed by atoms with E-state index in [0.717, 1.165) is 25.2 Å². The van der Waals surface area contributed by atoms with Gasteiger partial charge in [-0.25, -0.2) is 14.6 Å². The topological polar surface area (TPSA) is 72.2 Å². The number of hydrogen-bond donors (Lipinski definition) is 0. The van der Waals surface area contributed by atoms with Gasteiger partial charge in [0, 0.05) is 43.6 Å². The highest BCUT2D eigenvalue weighted by molar-refractivity contribution is 5.22. The second-order valence-corrected chi connectivity index (χ2v) is 5.73. The van der Waals surface area contributed by atoms with E-state index in [9.17, 15) is 0 Å². The summed E-state index contributed by atoms with van der Waals surface area (Å²) in [5.41, 5.74) is 1.00. The van der Waals surface area contributed by atoms with E-state index >= 15 is 0 Å². The normalized spacial score (nSPS) is 22.4. The molecule has 1 aliphatic heterocycles. The van der Waals surface area contributed by atoms with Gasteiger partial charge in [0.1, 0.15) is 6.33 Å². The predicted molar refractivity (Wildman–Crippen MR) is 80.4 cm³/mol. The van der Waals surface area contributed by atoms with E-state index < -0.39 is 0 Å². The standard InChI is InChI=1S/C14H21N7O/c1-19(2)12-8-20(9-13(12)21-5-4-17-18-21)7-11-6-15-10-16-14(11)22-3/h4-6,10,12-13H,7-9H2,1-3H3/t12-,13+/m1/s1. The van der Waals surface area contributed by atoms with Crippen molar-refractivity contribution in [1.29, 1.82) is 0 Å². The minimum Gasteiger partial charge on any atom is -0.481 e. The Morgan fingerprint density at radius 1 is 1.36 bits per heavy atom. The fraction of sp³-hybridized carbons (Fsp3) is 0.571. The summed E-state index contributed by atoms with van der Waals surface area (Å²) in [4.78, 5) is 12.9. The molecule has 0 saturated carbocycles. The van der Waals surface area contributed by atoms with Crippen molar-refractivity contribution in [3.63, 3.8) is 0 Å². The van der Waals surface area contributed by atoms with Gasteiger partial charge in [-0.1, -0.05) is 5.21 Å². The first-order valence-corrected chi connectivity index (χ1v) is 7.26. The Morgan fingerprint density at radius 3 is 2.91 bits per heavy atom. The molecular formula is C14H21N7O. The molecule has 2 atom stereocenters. The van der Waals surface area contributed by atoms with Gasteiger partial charge in [0.2, 0.25) is 5.88 Å². The third-order valence-corrected chi connectivity index (χ3v) is 4.11. The van der Waals surface area contributed by atoms with Crippen molar-refractivity contribution in [2.75, 3.05) is 34.3 Å². The number of hydrogen-bond acceptors (Lipinski definition) is 7. The van der Waals surface area contributed by atoms with Gasteiger partial charge in [0.25, 0.3) is 0 Å². The lowest BCUT2D eigenvalue weighted by molar-refractivity contribution is 0.236. The summed E-state index contributed by atoms with van der Waals surface area (Å²) in [5, 5.41) is 8.10. The Kier molecular flexibility index (Phi) is 4.30. The molecule has 1 aliphatic rings. The molecule has 3 rings (SSSR count). The average Bonchev–Trinajstić information content (AvgIpc) is 3.16. The van der Waals surface area contributed by atoms with Crippen LogP contribution in [0.3, 0.4) is 0 Å². The van der Waals surface area contributed by atoms with Crippen LogP contribution >= 0.6 is 0 Å². The molecule has 8 nitrogen and oxygen atoms in total. The summed E-state index contributed by atoms with van der Waals surface area (Å²) in [6.07, 6.45) is 6.98. The zero-order valence-electron chi connectivity index (χ0n) is 13.1. The van der Waals surface area contributed by atoms with Crippen LogP contribution in [0, 0.1) is 0 Å². The SMILES string of the molecule is COc1ncncc1CN1C[C@@H](N(C)C)[C@@H](n2ccnn2)C1. The van der Waals surface area contributed by atoms with Crippen LogP contribution in [0.2, 0.25) is 0 Å². The first-order valence-electron chi connectivity index (χ1n) is 7.26. The Bertz CT molecular complexity index is 601. The zero-order valence-corrected chi connectivity index (χ0v) is 13.1. The van der Waals surface area contributed by atoms with Crippen molar-refractivity contribution >= 4 is 0 Å². The van der Waals surface area contributed by atoms with Gasteiger partial charge in [-0.2, -0.15) is 0 Å². The van der Waals surface area contributed by atoms with Crippen molar-refractivity contribution in [3.05, 3.63) is 30.5 Å². The maximum Gasteiger partial charge on any atom is 0.220 e. The molecule has 0 aromatic carbocycles. The van der Waals surface area contributed by atoms with E-state index in [-0.39, 0.29) is 6.04 Å². The second-order valence-electron chi connectivity index (χ2n) is 5.73. The van der Waals surface area contributed by atoms with Crippen LogP contribution in [-0.2, 0) is 6.54 Å². The van der Waals surface area contributed by atoms with Crippen LogP contribution in [0.5, 0.6) is 5.88 Å². The molecule has 0 unspecified atom stereocenters. The van der Waals surface area contributed by atoms with Crippen LogP contribution in [0.1, 0.15) is 11.6 Å². The monoisotopic (exact) mass is 303 g/mol. The predicted octanol–water partition coefficient (Wildman–Crippen LogP) is 0.0638. The number of nitrogens with zero attached hydrogens (tertiary/aromatic N) is 7. The lowest BCUT2D eigenvalue weighted by Gasteiger charge is -2.24. The van der Waals surface area contributed by atoms with E-state index in [4.69, 9.17) is 4.74 Å². The third kappa shape index (κ3) is 2.93. The second kappa shape index (κ2) is 6.37. The molecule has 0 radical (unpaired) electrons. The van der Waals surface area contributed by atoms with Gasteiger partial charge in [0.15, 0.2) is 0 Å². The van der Waals surface area contributed by atoms with Gasteiger partial charge in [-0.05, 0) is 14.1 Å². The molecule has 118 valence electrons. The number of likely N-dealkylation sites (N-methyl/N-ethyl adjacent to an activating group) is 1. The number of ether oxygens (including phenoxy) is 1. The largest absolute Gasteiger partial charge is 0.481 e. The fourth-order valence-corrected chi connectivity index (χ4v) is 3.02. The molecule has 0 N–H and O–H groups in total. The molecule has 0 bridgehead atoms. The van der Waals surface area contributed by atoms with Crippen LogP contribution in [0.4, 0.5) is 0 Å². The summed E-state index contributed by atoms with van der Waals surface area (Å²) in [7, 11) is 5.84. The van der Waals surface area contributed by atoms with Crippen LogP contribution in [-0.4, -0.2) is 75.1 Å². The van der Waals surface area contributed by atoms with E-state index in [1.165, 1.54) is 6.33 Å². The summed E-state index contributed by atoms with van der Waals surface area (Å²) < 4.78 is 7.26. The van der Waals surface area contributed by atoms with Crippen LogP contribution in [0.15, 0.2) is 24.9 Å². The maximum atomic E-state index is 5.31.